The molecule has 0 saturated carbocycles. The summed E-state index contributed by atoms with van der Waals surface area (Å²) >= 11 is 5.91. The van der Waals surface area contributed by atoms with E-state index >= 15 is 0 Å². The molecule has 0 atom stereocenters. The minimum atomic E-state index is -0.635. The molecule has 0 aromatic heterocycles. The van der Waals surface area contributed by atoms with E-state index in [1.54, 1.807) is 6.20 Å². The molecule has 1 aliphatic heterocycles. The predicted molar refractivity (Wildman–Crippen MR) is 102 cm³/mol. The van der Waals surface area contributed by atoms with E-state index in [-0.39, 0.29) is 11.6 Å². The molecular formula is C19H24ClN3O3. The van der Waals surface area contributed by atoms with E-state index < -0.39 is 11.8 Å². The van der Waals surface area contributed by atoms with Gasteiger partial charge in [-0.3, -0.25) is 9.59 Å². The molecule has 1 aromatic rings. The number of amides is 2. The molecule has 1 saturated heterocycles. The average molecular weight is 378 g/mol. The van der Waals surface area contributed by atoms with Crippen LogP contribution in [0.15, 0.2) is 41.0 Å². The van der Waals surface area contributed by atoms with Crippen molar-refractivity contribution in [2.24, 2.45) is 4.99 Å². The molecule has 1 heterocycles. The first kappa shape index (κ1) is 20.1. The van der Waals surface area contributed by atoms with Gasteiger partial charge in [0.25, 0.3) is 11.8 Å². The van der Waals surface area contributed by atoms with Gasteiger partial charge in [0.05, 0.1) is 0 Å². The van der Waals surface area contributed by atoms with Crippen LogP contribution in [0.3, 0.4) is 0 Å². The van der Waals surface area contributed by atoms with Crippen molar-refractivity contribution in [1.82, 2.24) is 10.2 Å². The number of carbonyl (C=O) groups is 2. The van der Waals surface area contributed by atoms with Crippen molar-refractivity contribution < 1.29 is 14.3 Å². The van der Waals surface area contributed by atoms with Crippen LogP contribution in [0.25, 0.3) is 0 Å². The highest BCUT2D eigenvalue weighted by molar-refractivity contribution is 6.30. The number of halogens is 1. The average Bonchev–Trinajstić information content (AvgIpc) is 2.66. The Hall–Kier alpha value is -2.18. The van der Waals surface area contributed by atoms with Crippen LogP contribution in [0, 0.1) is 0 Å². The second-order valence-electron chi connectivity index (χ2n) is 6.06. The zero-order valence-electron chi connectivity index (χ0n) is 14.9. The smallest absolute Gasteiger partial charge is 0.283 e. The standard InChI is InChI=1S/C19H24ClN3O3/c1-3-23(12-14-4-6-15(20)7-5-14)13-17(18(24)21-2)19(25)22-16-8-10-26-11-9-16/h4-7,13,16H,2-3,8-12H2,1H3,(H,22,25)/b17-13+. The number of hydrogen-bond donors (Lipinski definition) is 1. The quantitative estimate of drug-likeness (QED) is 0.343. The van der Waals surface area contributed by atoms with Crippen molar-refractivity contribution >= 4 is 30.1 Å². The molecule has 2 rings (SSSR count). The van der Waals surface area contributed by atoms with Crippen LogP contribution < -0.4 is 5.32 Å². The van der Waals surface area contributed by atoms with E-state index in [1.807, 2.05) is 36.1 Å². The van der Waals surface area contributed by atoms with Gasteiger partial charge in [0.15, 0.2) is 0 Å². The second-order valence-corrected chi connectivity index (χ2v) is 6.49. The summed E-state index contributed by atoms with van der Waals surface area (Å²) in [5.41, 5.74) is 1.01. The largest absolute Gasteiger partial charge is 0.381 e. The van der Waals surface area contributed by atoms with Gasteiger partial charge in [-0.25, -0.2) is 4.99 Å². The van der Waals surface area contributed by atoms with Crippen molar-refractivity contribution in [2.45, 2.75) is 32.4 Å². The van der Waals surface area contributed by atoms with Crippen molar-refractivity contribution in [1.29, 1.82) is 0 Å². The number of rotatable bonds is 7. The Morgan fingerprint density at radius 2 is 2.00 bits per heavy atom. The highest BCUT2D eigenvalue weighted by Gasteiger charge is 2.23. The summed E-state index contributed by atoms with van der Waals surface area (Å²) in [7, 11) is 0. The van der Waals surface area contributed by atoms with Gasteiger partial charge in [0.1, 0.15) is 5.57 Å². The van der Waals surface area contributed by atoms with E-state index in [0.29, 0.717) is 31.3 Å². The van der Waals surface area contributed by atoms with Gasteiger partial charge >= 0.3 is 0 Å². The molecule has 1 aliphatic rings. The first-order valence-electron chi connectivity index (χ1n) is 8.63. The third kappa shape index (κ3) is 5.97. The molecule has 0 radical (unpaired) electrons. The maximum Gasteiger partial charge on any atom is 0.283 e. The third-order valence-electron chi connectivity index (χ3n) is 4.19. The Morgan fingerprint density at radius 1 is 1.35 bits per heavy atom. The van der Waals surface area contributed by atoms with Gasteiger partial charge < -0.3 is 15.0 Å². The zero-order chi connectivity index (χ0) is 18.9. The highest BCUT2D eigenvalue weighted by Crippen LogP contribution is 2.13. The summed E-state index contributed by atoms with van der Waals surface area (Å²) < 4.78 is 5.29. The van der Waals surface area contributed by atoms with Gasteiger partial charge in [-0.15, -0.1) is 0 Å². The molecule has 6 nitrogen and oxygen atoms in total. The summed E-state index contributed by atoms with van der Waals surface area (Å²) in [6.07, 6.45) is 3.02. The third-order valence-corrected chi connectivity index (χ3v) is 4.44. The van der Waals surface area contributed by atoms with Crippen LogP contribution >= 0.6 is 11.6 Å². The van der Waals surface area contributed by atoms with Crippen LogP contribution in [0.1, 0.15) is 25.3 Å². The molecule has 0 bridgehead atoms. The van der Waals surface area contributed by atoms with E-state index in [1.165, 1.54) is 0 Å². The number of benzene rings is 1. The van der Waals surface area contributed by atoms with Crippen LogP contribution in [0.4, 0.5) is 0 Å². The van der Waals surface area contributed by atoms with E-state index in [2.05, 4.69) is 17.0 Å². The number of aliphatic imine (C=N–C) groups is 1. The normalized spacial score (nSPS) is 15.4. The molecule has 2 amide bonds. The monoisotopic (exact) mass is 377 g/mol. The second kappa shape index (κ2) is 10.1. The van der Waals surface area contributed by atoms with E-state index in [4.69, 9.17) is 16.3 Å². The van der Waals surface area contributed by atoms with Crippen LogP contribution in [0.2, 0.25) is 5.02 Å². The maximum atomic E-state index is 12.6. The van der Waals surface area contributed by atoms with Crippen molar-refractivity contribution in [3.63, 3.8) is 0 Å². The van der Waals surface area contributed by atoms with E-state index in [0.717, 1.165) is 18.4 Å². The number of hydrogen-bond acceptors (Lipinski definition) is 4. The molecule has 1 N–H and O–H groups in total. The first-order valence-corrected chi connectivity index (χ1v) is 9.01. The lowest BCUT2D eigenvalue weighted by atomic mass is 10.1. The van der Waals surface area contributed by atoms with Crippen LogP contribution in [0.5, 0.6) is 0 Å². The predicted octanol–water partition coefficient (Wildman–Crippen LogP) is 2.57. The zero-order valence-corrected chi connectivity index (χ0v) is 15.7. The van der Waals surface area contributed by atoms with E-state index in [9.17, 15) is 9.59 Å². The lowest BCUT2D eigenvalue weighted by Gasteiger charge is -2.24. The van der Waals surface area contributed by atoms with Crippen molar-refractivity contribution in [2.75, 3.05) is 19.8 Å². The van der Waals surface area contributed by atoms with Crippen molar-refractivity contribution in [3.05, 3.63) is 46.6 Å². The lowest BCUT2D eigenvalue weighted by molar-refractivity contribution is -0.123. The molecular weight excluding hydrogens is 354 g/mol. The number of ether oxygens (including phenoxy) is 1. The van der Waals surface area contributed by atoms with Gasteiger partial charge in [0, 0.05) is 43.6 Å². The fourth-order valence-corrected chi connectivity index (χ4v) is 2.78. The molecule has 26 heavy (non-hydrogen) atoms. The minimum Gasteiger partial charge on any atom is -0.381 e. The molecule has 7 heteroatoms. The van der Waals surface area contributed by atoms with Crippen LogP contribution in [-0.2, 0) is 20.9 Å². The first-order chi connectivity index (χ1) is 12.5. The summed E-state index contributed by atoms with van der Waals surface area (Å²) in [6, 6.07) is 7.44. The van der Waals surface area contributed by atoms with Crippen molar-refractivity contribution in [3.8, 4) is 0 Å². The number of nitrogens with zero attached hydrogens (tertiary/aromatic N) is 2. The van der Waals surface area contributed by atoms with Gasteiger partial charge in [-0.1, -0.05) is 23.7 Å². The lowest BCUT2D eigenvalue weighted by Crippen LogP contribution is -2.41. The minimum absolute atomic E-state index is 0.00334. The van der Waals surface area contributed by atoms with Gasteiger partial charge in [-0.05, 0) is 44.2 Å². The molecule has 0 aliphatic carbocycles. The maximum absolute atomic E-state index is 12.6. The fraction of sp³-hybridized carbons (Fsp3) is 0.421. The fourth-order valence-electron chi connectivity index (χ4n) is 2.66. The Morgan fingerprint density at radius 3 is 2.58 bits per heavy atom. The number of nitrogens with one attached hydrogen (secondary N) is 1. The Bertz CT molecular complexity index is 667. The number of carbonyl (C=O) groups excluding carboxylic acids is 2. The van der Waals surface area contributed by atoms with Crippen LogP contribution in [-0.4, -0.2) is 49.2 Å². The summed E-state index contributed by atoms with van der Waals surface area (Å²) in [6.45, 7) is 7.60. The SMILES string of the molecule is C=NC(=O)/C(=C\N(CC)Cc1ccc(Cl)cc1)C(=O)NC1CCOCC1. The molecule has 1 aromatic carbocycles. The highest BCUT2D eigenvalue weighted by atomic mass is 35.5. The van der Waals surface area contributed by atoms with Gasteiger partial charge in [-0.2, -0.15) is 0 Å². The summed E-state index contributed by atoms with van der Waals surface area (Å²) in [5, 5.41) is 3.56. The Balaban J connectivity index is 2.13. The molecule has 0 unspecified atom stereocenters. The summed E-state index contributed by atoms with van der Waals surface area (Å²) in [4.78, 5) is 30.0. The topological polar surface area (TPSA) is 71.0 Å². The Labute approximate surface area is 158 Å². The molecule has 140 valence electrons. The summed E-state index contributed by atoms with van der Waals surface area (Å²) in [5.74, 6) is -1.06. The Kier molecular flexibility index (Phi) is 7.81. The van der Waals surface area contributed by atoms with Gasteiger partial charge in [0.2, 0.25) is 0 Å². The molecule has 0 spiro atoms. The molecule has 1 fully saturated rings.